The topological polar surface area (TPSA) is 68.2 Å². The van der Waals surface area contributed by atoms with Gasteiger partial charge >= 0.3 is 0 Å². The van der Waals surface area contributed by atoms with E-state index in [2.05, 4.69) is 15.7 Å². The van der Waals surface area contributed by atoms with Gasteiger partial charge in [0.2, 0.25) is 0 Å². The lowest BCUT2D eigenvalue weighted by Gasteiger charge is -2.22. The Bertz CT molecular complexity index is 740. The predicted molar refractivity (Wildman–Crippen MR) is 92.2 cm³/mol. The normalized spacial score (nSPS) is 18.6. The number of benzene rings is 1. The van der Waals surface area contributed by atoms with Crippen LogP contribution in [0.4, 0.5) is 4.39 Å². The van der Waals surface area contributed by atoms with Crippen LogP contribution in [0.1, 0.15) is 47.9 Å². The molecule has 2 heterocycles. The molecular formula is C18H23FN4O2. The van der Waals surface area contributed by atoms with Gasteiger partial charge in [-0.15, -0.1) is 0 Å². The maximum Gasteiger partial charge on any atom is 0.272 e. The third-order valence-electron chi connectivity index (χ3n) is 4.51. The zero-order valence-corrected chi connectivity index (χ0v) is 14.5. The molecule has 1 saturated heterocycles. The lowest BCUT2D eigenvalue weighted by Crippen LogP contribution is -2.32. The average Bonchev–Trinajstić information content (AvgIpc) is 3.12. The van der Waals surface area contributed by atoms with Crippen molar-refractivity contribution in [3.05, 3.63) is 47.5 Å². The molecular weight excluding hydrogens is 323 g/mol. The van der Waals surface area contributed by atoms with E-state index in [1.807, 2.05) is 10.9 Å². The molecule has 7 heteroatoms. The van der Waals surface area contributed by atoms with E-state index < -0.39 is 5.82 Å². The monoisotopic (exact) mass is 346 g/mol. The molecule has 1 aromatic heterocycles. The van der Waals surface area contributed by atoms with Gasteiger partial charge in [0.15, 0.2) is 11.6 Å². The number of rotatable bonds is 5. The molecule has 1 aromatic carbocycles. The molecule has 0 radical (unpaired) electrons. The lowest BCUT2D eigenvalue weighted by molar-refractivity contribution is 0.0933. The fourth-order valence-corrected chi connectivity index (χ4v) is 3.03. The number of hydrogen-bond acceptors (Lipinski definition) is 4. The van der Waals surface area contributed by atoms with E-state index in [4.69, 9.17) is 4.74 Å². The molecule has 1 fully saturated rings. The van der Waals surface area contributed by atoms with Crippen LogP contribution in [0.15, 0.2) is 30.5 Å². The van der Waals surface area contributed by atoms with Crippen LogP contribution in [0.5, 0.6) is 5.75 Å². The van der Waals surface area contributed by atoms with Crippen molar-refractivity contribution in [3.63, 3.8) is 0 Å². The minimum absolute atomic E-state index is 0.183. The van der Waals surface area contributed by atoms with Gasteiger partial charge in [0.1, 0.15) is 5.69 Å². The number of methoxy groups -OCH3 is 1. The number of ether oxygens (including phenoxy) is 1. The molecule has 0 aliphatic carbocycles. The highest BCUT2D eigenvalue weighted by atomic mass is 19.1. The van der Waals surface area contributed by atoms with Crippen molar-refractivity contribution in [3.8, 4) is 5.75 Å². The van der Waals surface area contributed by atoms with E-state index in [-0.39, 0.29) is 23.7 Å². The van der Waals surface area contributed by atoms with E-state index in [1.54, 1.807) is 25.1 Å². The second kappa shape index (κ2) is 7.65. The lowest BCUT2D eigenvalue weighted by atomic mass is 10.1. The van der Waals surface area contributed by atoms with Crippen molar-refractivity contribution in [2.24, 2.45) is 0 Å². The van der Waals surface area contributed by atoms with Gasteiger partial charge in [0, 0.05) is 12.7 Å². The Hall–Kier alpha value is -2.41. The fourth-order valence-electron chi connectivity index (χ4n) is 3.03. The van der Waals surface area contributed by atoms with E-state index in [0.717, 1.165) is 25.9 Å². The minimum Gasteiger partial charge on any atom is -0.494 e. The quantitative estimate of drug-likeness (QED) is 0.873. The summed E-state index contributed by atoms with van der Waals surface area (Å²) in [6.07, 6.45) is 3.99. The molecule has 1 aliphatic heterocycles. The van der Waals surface area contributed by atoms with Crippen LogP contribution in [0.2, 0.25) is 0 Å². The van der Waals surface area contributed by atoms with E-state index in [1.165, 1.54) is 13.2 Å². The van der Waals surface area contributed by atoms with Gasteiger partial charge in [-0.25, -0.2) is 4.39 Å². The Labute approximate surface area is 146 Å². The van der Waals surface area contributed by atoms with Gasteiger partial charge in [0.05, 0.1) is 19.2 Å². The van der Waals surface area contributed by atoms with Crippen LogP contribution in [0.3, 0.4) is 0 Å². The minimum atomic E-state index is -0.449. The largest absolute Gasteiger partial charge is 0.494 e. The maximum atomic E-state index is 13.8. The second-order valence-corrected chi connectivity index (χ2v) is 6.27. The highest BCUT2D eigenvalue weighted by molar-refractivity contribution is 5.92. The molecule has 2 N–H and O–H groups in total. The van der Waals surface area contributed by atoms with Crippen LogP contribution in [0, 0.1) is 5.82 Å². The number of nitrogens with zero attached hydrogens (tertiary/aromatic N) is 2. The molecule has 6 nitrogen and oxygen atoms in total. The van der Waals surface area contributed by atoms with Crippen molar-refractivity contribution in [2.45, 2.75) is 31.8 Å². The summed E-state index contributed by atoms with van der Waals surface area (Å²) in [4.78, 5) is 12.4. The molecule has 25 heavy (non-hydrogen) atoms. The summed E-state index contributed by atoms with van der Waals surface area (Å²) in [6.45, 7) is 3.70. The number of aromatic nitrogens is 2. The third kappa shape index (κ3) is 3.99. The highest BCUT2D eigenvalue weighted by Gasteiger charge is 2.19. The van der Waals surface area contributed by atoms with Crippen molar-refractivity contribution >= 4 is 5.91 Å². The van der Waals surface area contributed by atoms with Crippen molar-refractivity contribution in [2.75, 3.05) is 20.2 Å². The number of carbonyl (C=O) groups excluding carboxylic acids is 1. The van der Waals surface area contributed by atoms with Crippen molar-refractivity contribution in [1.82, 2.24) is 20.4 Å². The molecule has 2 unspecified atom stereocenters. The molecule has 0 bridgehead atoms. The van der Waals surface area contributed by atoms with Gasteiger partial charge < -0.3 is 15.4 Å². The number of hydrogen-bond donors (Lipinski definition) is 2. The summed E-state index contributed by atoms with van der Waals surface area (Å²) in [5.41, 5.74) is 1.04. The molecule has 0 saturated carbocycles. The SMILES string of the molecule is COc1ccc(C(C)NC(=O)c2ccn(C3CCCNC3)n2)cc1F. The Morgan fingerprint density at radius 1 is 1.48 bits per heavy atom. The van der Waals surface area contributed by atoms with Gasteiger partial charge in [-0.3, -0.25) is 9.48 Å². The number of carbonyl (C=O) groups is 1. The van der Waals surface area contributed by atoms with Crippen LogP contribution >= 0.6 is 0 Å². The standard InChI is InChI=1S/C18H23FN4O2/c1-12(13-5-6-17(25-2)15(19)10-13)21-18(24)16-7-9-23(22-16)14-4-3-8-20-11-14/h5-7,9-10,12,14,20H,3-4,8,11H2,1-2H3,(H,21,24). The van der Waals surface area contributed by atoms with Crippen LogP contribution in [-0.4, -0.2) is 35.9 Å². The first-order valence-corrected chi connectivity index (χ1v) is 8.48. The first kappa shape index (κ1) is 17.4. The zero-order chi connectivity index (χ0) is 17.8. The summed E-state index contributed by atoms with van der Waals surface area (Å²) in [6, 6.07) is 6.32. The fraction of sp³-hybridized carbons (Fsp3) is 0.444. The number of amides is 1. The average molecular weight is 346 g/mol. The van der Waals surface area contributed by atoms with Gasteiger partial charge in [-0.2, -0.15) is 5.10 Å². The van der Waals surface area contributed by atoms with Crippen molar-refractivity contribution in [1.29, 1.82) is 0 Å². The summed E-state index contributed by atoms with van der Waals surface area (Å²) >= 11 is 0. The molecule has 1 aliphatic rings. The Balaban J connectivity index is 1.65. The second-order valence-electron chi connectivity index (χ2n) is 6.27. The van der Waals surface area contributed by atoms with Crippen LogP contribution in [-0.2, 0) is 0 Å². The highest BCUT2D eigenvalue weighted by Crippen LogP contribution is 2.22. The van der Waals surface area contributed by atoms with E-state index in [9.17, 15) is 9.18 Å². The van der Waals surface area contributed by atoms with Gasteiger partial charge in [-0.1, -0.05) is 6.07 Å². The number of nitrogens with one attached hydrogen (secondary N) is 2. The number of piperidine rings is 1. The Morgan fingerprint density at radius 2 is 2.32 bits per heavy atom. The predicted octanol–water partition coefficient (Wildman–Crippen LogP) is 2.45. The molecule has 134 valence electrons. The van der Waals surface area contributed by atoms with Gasteiger partial charge in [0.25, 0.3) is 5.91 Å². The summed E-state index contributed by atoms with van der Waals surface area (Å²) in [5.74, 6) is -0.538. The summed E-state index contributed by atoms with van der Waals surface area (Å²) in [7, 11) is 1.42. The molecule has 3 rings (SSSR count). The third-order valence-corrected chi connectivity index (χ3v) is 4.51. The zero-order valence-electron chi connectivity index (χ0n) is 14.5. The Kier molecular flexibility index (Phi) is 5.33. The Morgan fingerprint density at radius 3 is 3.00 bits per heavy atom. The van der Waals surface area contributed by atoms with Crippen LogP contribution in [0.25, 0.3) is 0 Å². The molecule has 1 amide bonds. The molecule has 2 aromatic rings. The van der Waals surface area contributed by atoms with Gasteiger partial charge in [-0.05, 0) is 50.1 Å². The summed E-state index contributed by atoms with van der Waals surface area (Å²) in [5, 5.41) is 10.6. The summed E-state index contributed by atoms with van der Waals surface area (Å²) < 4.78 is 20.6. The smallest absolute Gasteiger partial charge is 0.272 e. The first-order valence-electron chi connectivity index (χ1n) is 8.48. The maximum absolute atomic E-state index is 13.8. The molecule has 0 spiro atoms. The molecule has 2 atom stereocenters. The van der Waals surface area contributed by atoms with E-state index >= 15 is 0 Å². The van der Waals surface area contributed by atoms with Crippen molar-refractivity contribution < 1.29 is 13.9 Å². The van der Waals surface area contributed by atoms with Crippen LogP contribution < -0.4 is 15.4 Å². The van der Waals surface area contributed by atoms with E-state index in [0.29, 0.717) is 11.3 Å². The first-order chi connectivity index (χ1) is 12.1. The number of halogens is 1.